The van der Waals surface area contributed by atoms with Gasteiger partial charge in [-0.3, -0.25) is 20.5 Å². The van der Waals surface area contributed by atoms with Crippen molar-refractivity contribution in [2.45, 2.75) is 13.0 Å². The molecule has 0 aromatic heterocycles. The Morgan fingerprint density at radius 3 is 2.71 bits per heavy atom. The number of halogens is 1. The summed E-state index contributed by atoms with van der Waals surface area (Å²) in [7, 11) is 1.91. The number of hydrogen-bond acceptors (Lipinski definition) is 5. The molecule has 1 fully saturated rings. The van der Waals surface area contributed by atoms with Gasteiger partial charge in [-0.1, -0.05) is 24.0 Å². The Balaban J connectivity index is 1.85. The molecule has 0 spiro atoms. The van der Waals surface area contributed by atoms with Crippen LogP contribution in [0.3, 0.4) is 0 Å². The highest BCUT2D eigenvalue weighted by atomic mass is 32.2. The summed E-state index contributed by atoms with van der Waals surface area (Å²) in [6, 6.07) is 5.48. The van der Waals surface area contributed by atoms with Crippen LogP contribution in [0.25, 0.3) is 0 Å². The maximum Gasteiger partial charge on any atom is 0.255 e. The molecule has 0 radical (unpaired) electrons. The van der Waals surface area contributed by atoms with E-state index in [0.717, 1.165) is 4.32 Å². The third kappa shape index (κ3) is 4.29. The van der Waals surface area contributed by atoms with Crippen LogP contribution < -0.4 is 10.9 Å². The number of rotatable bonds is 4. The summed E-state index contributed by atoms with van der Waals surface area (Å²) in [5.74, 6) is 0.222. The summed E-state index contributed by atoms with van der Waals surface area (Å²) >= 11 is 6.72. The minimum atomic E-state index is -0.315. The fourth-order valence-corrected chi connectivity index (χ4v) is 2.87. The van der Waals surface area contributed by atoms with Crippen LogP contribution in [0, 0.1) is 5.82 Å². The van der Waals surface area contributed by atoms with Gasteiger partial charge < -0.3 is 4.90 Å². The Labute approximate surface area is 132 Å². The molecule has 1 amide bonds. The van der Waals surface area contributed by atoms with E-state index in [4.69, 9.17) is 12.2 Å². The van der Waals surface area contributed by atoms with Crippen LogP contribution in [0.15, 0.2) is 24.3 Å². The Morgan fingerprint density at radius 2 is 2.10 bits per heavy atom. The monoisotopic (exact) mass is 328 g/mol. The van der Waals surface area contributed by atoms with Crippen LogP contribution in [0.2, 0.25) is 0 Å². The fourth-order valence-electron chi connectivity index (χ4n) is 1.79. The van der Waals surface area contributed by atoms with E-state index >= 15 is 0 Å². The van der Waals surface area contributed by atoms with Crippen molar-refractivity contribution in [3.63, 3.8) is 0 Å². The van der Waals surface area contributed by atoms with Gasteiger partial charge in [0.1, 0.15) is 10.1 Å². The zero-order chi connectivity index (χ0) is 15.4. The molecule has 8 heteroatoms. The van der Waals surface area contributed by atoms with E-state index in [1.54, 1.807) is 12.1 Å². The number of carbonyl (C=O) groups excluding carboxylic acids is 1. The number of hydrogen-bond donors (Lipinski definition) is 2. The second-order valence-electron chi connectivity index (χ2n) is 4.76. The molecule has 1 aliphatic heterocycles. The molecule has 5 nitrogen and oxygen atoms in total. The molecule has 1 saturated heterocycles. The van der Waals surface area contributed by atoms with Crippen molar-refractivity contribution in [3.05, 3.63) is 30.1 Å². The van der Waals surface area contributed by atoms with Crippen molar-refractivity contribution in [2.24, 2.45) is 0 Å². The van der Waals surface area contributed by atoms with Crippen molar-refractivity contribution >= 4 is 39.9 Å². The molecule has 2 N–H and O–H groups in total. The maximum absolute atomic E-state index is 12.8. The molecule has 1 heterocycles. The molecular formula is C13H17FN4OS2. The van der Waals surface area contributed by atoms with Gasteiger partial charge in [-0.05, 0) is 31.2 Å². The zero-order valence-electron chi connectivity index (χ0n) is 11.8. The maximum atomic E-state index is 12.8. The Hall–Kier alpha value is -1.38. The molecule has 114 valence electrons. The fraction of sp³-hybridized carbons (Fsp3) is 0.385. The van der Waals surface area contributed by atoms with E-state index < -0.39 is 0 Å². The van der Waals surface area contributed by atoms with Gasteiger partial charge in [0.25, 0.3) is 5.91 Å². The van der Waals surface area contributed by atoms with Crippen molar-refractivity contribution in [1.82, 2.24) is 15.2 Å². The molecule has 1 aliphatic rings. The number of nitrogens with zero attached hydrogens (tertiary/aromatic N) is 2. The van der Waals surface area contributed by atoms with Crippen LogP contribution in [0.5, 0.6) is 0 Å². The number of carbonyl (C=O) groups is 1. The smallest absolute Gasteiger partial charge is 0.255 e. The van der Waals surface area contributed by atoms with Crippen molar-refractivity contribution < 1.29 is 9.18 Å². The average molecular weight is 328 g/mol. The topological polar surface area (TPSA) is 47.6 Å². The van der Waals surface area contributed by atoms with Crippen LogP contribution in [0.1, 0.15) is 6.92 Å². The second-order valence-corrected chi connectivity index (χ2v) is 6.34. The lowest BCUT2D eigenvalue weighted by Gasteiger charge is -2.37. The van der Waals surface area contributed by atoms with Gasteiger partial charge in [-0.2, -0.15) is 0 Å². The quantitative estimate of drug-likeness (QED) is 0.650. The largest absolute Gasteiger partial charge is 0.347 e. The number of hydrazine groups is 1. The highest BCUT2D eigenvalue weighted by molar-refractivity contribution is 8.22. The van der Waals surface area contributed by atoms with Gasteiger partial charge >= 0.3 is 0 Å². The van der Waals surface area contributed by atoms with Gasteiger partial charge in [-0.25, -0.2) is 4.39 Å². The summed E-state index contributed by atoms with van der Waals surface area (Å²) in [4.78, 5) is 16.1. The molecule has 2 rings (SSSR count). The average Bonchev–Trinajstić information content (AvgIpc) is 2.48. The Morgan fingerprint density at radius 1 is 1.43 bits per heavy atom. The lowest BCUT2D eigenvalue weighted by Crippen LogP contribution is -2.52. The first-order chi connectivity index (χ1) is 9.97. The van der Waals surface area contributed by atoms with Crippen LogP contribution >= 0.6 is 24.0 Å². The molecule has 21 heavy (non-hydrogen) atoms. The first-order valence-corrected chi connectivity index (χ1v) is 7.80. The predicted octanol–water partition coefficient (Wildman–Crippen LogP) is 1.84. The molecule has 1 aromatic carbocycles. The zero-order valence-corrected chi connectivity index (χ0v) is 13.4. The van der Waals surface area contributed by atoms with Crippen LogP contribution in [-0.2, 0) is 4.79 Å². The molecule has 0 bridgehead atoms. The predicted molar refractivity (Wildman–Crippen MR) is 87.2 cm³/mol. The van der Waals surface area contributed by atoms with E-state index in [9.17, 15) is 9.18 Å². The van der Waals surface area contributed by atoms with Gasteiger partial charge in [-0.15, -0.1) is 0 Å². The third-order valence-corrected chi connectivity index (χ3v) is 4.85. The molecule has 1 aromatic rings. The van der Waals surface area contributed by atoms with Gasteiger partial charge in [0.05, 0.1) is 24.3 Å². The van der Waals surface area contributed by atoms with E-state index in [2.05, 4.69) is 10.9 Å². The molecular weight excluding hydrogens is 311 g/mol. The number of thioether (sulfide) groups is 1. The van der Waals surface area contributed by atoms with E-state index in [-0.39, 0.29) is 17.8 Å². The number of anilines is 1. The summed E-state index contributed by atoms with van der Waals surface area (Å²) in [5, 5.41) is 0. The van der Waals surface area contributed by atoms with Crippen molar-refractivity contribution in [2.75, 3.05) is 25.0 Å². The first-order valence-electron chi connectivity index (χ1n) is 6.41. The van der Waals surface area contributed by atoms with Crippen LogP contribution in [0.4, 0.5) is 10.1 Å². The van der Waals surface area contributed by atoms with Crippen molar-refractivity contribution in [3.8, 4) is 0 Å². The van der Waals surface area contributed by atoms with Crippen LogP contribution in [-0.4, -0.2) is 45.7 Å². The van der Waals surface area contributed by atoms with E-state index in [1.807, 2.05) is 23.8 Å². The Kier molecular flexibility index (Phi) is 5.38. The first kappa shape index (κ1) is 16.0. The van der Waals surface area contributed by atoms with Gasteiger partial charge in [0.15, 0.2) is 0 Å². The normalized spacial score (nSPS) is 17.5. The lowest BCUT2D eigenvalue weighted by molar-refractivity contribution is -0.125. The van der Waals surface area contributed by atoms with Gasteiger partial charge in [0, 0.05) is 7.05 Å². The summed E-state index contributed by atoms with van der Waals surface area (Å²) in [6.45, 7) is 2.46. The highest BCUT2D eigenvalue weighted by Gasteiger charge is 2.26. The standard InChI is InChI=1S/C13H17FN4OS2/c1-9(18-7-17(2)13(20)21-8-18)12(19)16-15-11-5-3-10(14)4-6-11/h3-6,9,15H,7-8H2,1-2H3,(H,16,19)/t9-/m0/s1. The second kappa shape index (κ2) is 7.06. The van der Waals surface area contributed by atoms with E-state index in [1.165, 1.54) is 23.9 Å². The summed E-state index contributed by atoms with van der Waals surface area (Å²) in [5.41, 5.74) is 6.03. The number of amides is 1. The SMILES string of the molecule is C[C@@H](C(=O)NNc1ccc(F)cc1)N1CSC(=S)N(C)C1. The third-order valence-electron chi connectivity index (χ3n) is 3.16. The van der Waals surface area contributed by atoms with Gasteiger partial charge in [0.2, 0.25) is 0 Å². The Bertz CT molecular complexity index is 525. The molecule has 0 aliphatic carbocycles. The summed E-state index contributed by atoms with van der Waals surface area (Å²) < 4.78 is 13.6. The summed E-state index contributed by atoms with van der Waals surface area (Å²) in [6.07, 6.45) is 0. The molecule has 1 atom stereocenters. The number of thiocarbonyl (C=S) groups is 1. The number of benzene rings is 1. The molecule has 0 saturated carbocycles. The highest BCUT2D eigenvalue weighted by Crippen LogP contribution is 2.19. The van der Waals surface area contributed by atoms with E-state index in [0.29, 0.717) is 18.2 Å². The van der Waals surface area contributed by atoms with Crippen molar-refractivity contribution in [1.29, 1.82) is 0 Å². The minimum absolute atomic E-state index is 0.152. The number of nitrogens with one attached hydrogen (secondary N) is 2. The molecule has 0 unspecified atom stereocenters. The lowest BCUT2D eigenvalue weighted by atomic mass is 10.3. The minimum Gasteiger partial charge on any atom is -0.347 e.